The van der Waals surface area contributed by atoms with Gasteiger partial charge in [-0.1, -0.05) is 23.7 Å². The van der Waals surface area contributed by atoms with Crippen LogP contribution in [0.3, 0.4) is 0 Å². The number of rotatable bonds is 6. The molecule has 0 aliphatic carbocycles. The maximum Gasteiger partial charge on any atom is 0.338 e. The van der Waals surface area contributed by atoms with Gasteiger partial charge >= 0.3 is 5.97 Å². The predicted molar refractivity (Wildman–Crippen MR) is 92.4 cm³/mol. The van der Waals surface area contributed by atoms with Gasteiger partial charge in [-0.2, -0.15) is 0 Å². The van der Waals surface area contributed by atoms with Gasteiger partial charge in [0.1, 0.15) is 12.4 Å². The van der Waals surface area contributed by atoms with E-state index in [-0.39, 0.29) is 33.7 Å². The third-order valence-corrected chi connectivity index (χ3v) is 5.19. The Morgan fingerprint density at radius 3 is 2.56 bits per heavy atom. The van der Waals surface area contributed by atoms with Crippen molar-refractivity contribution in [3.8, 4) is 0 Å². The fraction of sp³-hybridized carbons (Fsp3) is 0.235. The molecule has 0 aliphatic rings. The van der Waals surface area contributed by atoms with Crippen LogP contribution in [0.1, 0.15) is 29.8 Å². The van der Waals surface area contributed by atoms with Crippen molar-refractivity contribution in [1.29, 1.82) is 0 Å². The second-order valence-electron chi connectivity index (χ2n) is 5.58. The lowest BCUT2D eigenvalue weighted by molar-refractivity contribution is 0.0469. The molecule has 0 radical (unpaired) electrons. The van der Waals surface area contributed by atoms with Crippen molar-refractivity contribution in [2.45, 2.75) is 31.4 Å². The summed E-state index contributed by atoms with van der Waals surface area (Å²) in [5, 5.41) is 0.144. The molecule has 0 bridgehead atoms. The minimum absolute atomic E-state index is 0.0408. The molecule has 0 heterocycles. The molecule has 0 fully saturated rings. The maximum atomic E-state index is 13.7. The minimum atomic E-state index is -3.73. The van der Waals surface area contributed by atoms with Gasteiger partial charge in [-0.25, -0.2) is 22.3 Å². The van der Waals surface area contributed by atoms with Gasteiger partial charge in [0, 0.05) is 11.6 Å². The quantitative estimate of drug-likeness (QED) is 0.772. The molecule has 0 aromatic heterocycles. The first kappa shape index (κ1) is 19.4. The third-order valence-electron chi connectivity index (χ3n) is 3.18. The molecule has 5 nitrogen and oxygen atoms in total. The van der Waals surface area contributed by atoms with Crippen LogP contribution >= 0.6 is 11.6 Å². The Bertz CT molecular complexity index is 864. The molecule has 0 amide bonds. The normalized spacial score (nSPS) is 11.6. The summed E-state index contributed by atoms with van der Waals surface area (Å²) in [5.41, 5.74) is 0.0989. The predicted octanol–water partition coefficient (Wildman–Crippen LogP) is 3.52. The summed E-state index contributed by atoms with van der Waals surface area (Å²) in [6.45, 7) is 3.02. The molecule has 25 heavy (non-hydrogen) atoms. The maximum absolute atomic E-state index is 13.7. The zero-order valence-electron chi connectivity index (χ0n) is 13.6. The van der Waals surface area contributed by atoms with E-state index in [1.807, 2.05) is 0 Å². The monoisotopic (exact) mass is 385 g/mol. The van der Waals surface area contributed by atoms with Gasteiger partial charge < -0.3 is 4.74 Å². The Labute approximate surface area is 150 Å². The summed E-state index contributed by atoms with van der Waals surface area (Å²) in [6, 6.07) is 9.27. The van der Waals surface area contributed by atoms with Gasteiger partial charge in [0.25, 0.3) is 0 Å². The number of hydrogen-bond donors (Lipinski definition) is 1. The molecule has 0 spiro atoms. The summed E-state index contributed by atoms with van der Waals surface area (Å²) < 4.78 is 45.5. The second kappa shape index (κ2) is 7.95. The van der Waals surface area contributed by atoms with Crippen molar-refractivity contribution in [2.24, 2.45) is 0 Å². The molecule has 0 aliphatic heterocycles. The number of nitrogens with one attached hydrogen (secondary N) is 1. The first-order chi connectivity index (χ1) is 11.7. The molecule has 134 valence electrons. The number of carbonyl (C=O) groups excluding carboxylic acids is 1. The topological polar surface area (TPSA) is 72.5 Å². The van der Waals surface area contributed by atoms with Crippen LogP contribution < -0.4 is 4.72 Å². The number of sulfonamides is 1. The van der Waals surface area contributed by atoms with E-state index in [2.05, 4.69) is 4.72 Å². The van der Waals surface area contributed by atoms with Crippen molar-refractivity contribution >= 4 is 27.6 Å². The molecule has 0 atom stereocenters. The van der Waals surface area contributed by atoms with Crippen molar-refractivity contribution in [3.63, 3.8) is 0 Å². The standard InChI is InChI=1S/C17H17ClFNO4S/c1-11(2)20-25(22,23)13-6-3-5-12(9-13)17(21)24-10-14-15(18)7-4-8-16(14)19/h3-9,11,20H,10H2,1-2H3. The summed E-state index contributed by atoms with van der Waals surface area (Å²) >= 11 is 5.87. The Morgan fingerprint density at radius 1 is 1.24 bits per heavy atom. The second-order valence-corrected chi connectivity index (χ2v) is 7.70. The number of hydrogen-bond acceptors (Lipinski definition) is 4. The van der Waals surface area contributed by atoms with Crippen LogP contribution in [0.15, 0.2) is 47.4 Å². The van der Waals surface area contributed by atoms with Crippen LogP contribution in [0.5, 0.6) is 0 Å². The zero-order valence-corrected chi connectivity index (χ0v) is 15.2. The first-order valence-corrected chi connectivity index (χ1v) is 9.29. The molecule has 0 saturated carbocycles. The van der Waals surface area contributed by atoms with Crippen LogP contribution in [-0.4, -0.2) is 20.4 Å². The van der Waals surface area contributed by atoms with Gasteiger partial charge in [-0.3, -0.25) is 0 Å². The van der Waals surface area contributed by atoms with E-state index in [0.717, 1.165) is 0 Å². The number of halogens is 2. The van der Waals surface area contributed by atoms with Crippen molar-refractivity contribution in [2.75, 3.05) is 0 Å². The molecular formula is C17H17ClFNO4S. The van der Waals surface area contributed by atoms with Crippen molar-refractivity contribution in [1.82, 2.24) is 4.72 Å². The van der Waals surface area contributed by atoms with E-state index >= 15 is 0 Å². The van der Waals surface area contributed by atoms with Gasteiger partial charge in [0.2, 0.25) is 10.0 Å². The van der Waals surface area contributed by atoms with Crippen LogP contribution in [0.25, 0.3) is 0 Å². The highest BCUT2D eigenvalue weighted by Crippen LogP contribution is 2.20. The number of esters is 1. The van der Waals surface area contributed by atoms with Crippen LogP contribution in [0.2, 0.25) is 5.02 Å². The van der Waals surface area contributed by atoms with E-state index in [0.29, 0.717) is 0 Å². The van der Waals surface area contributed by atoms with Crippen LogP contribution in [0, 0.1) is 5.82 Å². The summed E-state index contributed by atoms with van der Waals surface area (Å²) in [4.78, 5) is 12.1. The number of carbonyl (C=O) groups is 1. The molecule has 2 rings (SSSR count). The van der Waals surface area contributed by atoms with Gasteiger partial charge in [-0.05, 0) is 44.2 Å². The smallest absolute Gasteiger partial charge is 0.338 e. The molecule has 0 unspecified atom stereocenters. The first-order valence-electron chi connectivity index (χ1n) is 7.43. The molecule has 2 aromatic rings. The highest BCUT2D eigenvalue weighted by Gasteiger charge is 2.18. The van der Waals surface area contributed by atoms with Crippen LogP contribution in [0.4, 0.5) is 4.39 Å². The van der Waals surface area contributed by atoms with E-state index in [9.17, 15) is 17.6 Å². The highest BCUT2D eigenvalue weighted by molar-refractivity contribution is 7.89. The summed E-state index contributed by atoms with van der Waals surface area (Å²) in [5.74, 6) is -1.36. The largest absolute Gasteiger partial charge is 0.457 e. The lowest BCUT2D eigenvalue weighted by Gasteiger charge is -2.11. The van der Waals surface area contributed by atoms with Crippen molar-refractivity contribution < 1.29 is 22.3 Å². The Morgan fingerprint density at radius 2 is 1.92 bits per heavy atom. The van der Waals surface area contributed by atoms with E-state index in [1.165, 1.54) is 42.5 Å². The molecule has 0 saturated heterocycles. The average Bonchev–Trinajstić information content (AvgIpc) is 2.53. The lowest BCUT2D eigenvalue weighted by Crippen LogP contribution is -2.30. The zero-order chi connectivity index (χ0) is 18.6. The van der Waals surface area contributed by atoms with Crippen LogP contribution in [-0.2, 0) is 21.4 Å². The van der Waals surface area contributed by atoms with E-state index < -0.39 is 21.8 Å². The minimum Gasteiger partial charge on any atom is -0.457 e. The third kappa shape index (κ3) is 5.01. The lowest BCUT2D eigenvalue weighted by atomic mass is 10.2. The Kier molecular flexibility index (Phi) is 6.16. The SMILES string of the molecule is CC(C)NS(=O)(=O)c1cccc(C(=O)OCc2c(F)cccc2Cl)c1. The summed E-state index contributed by atoms with van der Waals surface area (Å²) in [7, 11) is -3.73. The molecular weight excluding hydrogens is 369 g/mol. The van der Waals surface area contributed by atoms with Gasteiger partial charge in [0.05, 0.1) is 15.5 Å². The Balaban J connectivity index is 2.17. The van der Waals surface area contributed by atoms with E-state index in [1.54, 1.807) is 13.8 Å². The number of ether oxygens (including phenoxy) is 1. The molecule has 8 heteroatoms. The van der Waals surface area contributed by atoms with Crippen molar-refractivity contribution in [3.05, 3.63) is 64.4 Å². The highest BCUT2D eigenvalue weighted by atomic mass is 35.5. The summed E-state index contributed by atoms with van der Waals surface area (Å²) in [6.07, 6.45) is 0. The fourth-order valence-electron chi connectivity index (χ4n) is 2.06. The Hall–Kier alpha value is -1.96. The van der Waals surface area contributed by atoms with Gasteiger partial charge in [0.15, 0.2) is 0 Å². The molecule has 1 N–H and O–H groups in total. The average molecular weight is 386 g/mol. The van der Waals surface area contributed by atoms with E-state index in [4.69, 9.17) is 16.3 Å². The molecule has 2 aromatic carbocycles. The van der Waals surface area contributed by atoms with Gasteiger partial charge in [-0.15, -0.1) is 0 Å². The fourth-order valence-corrected chi connectivity index (χ4v) is 3.57. The number of benzene rings is 2.